The molecule has 2 aromatic carbocycles. The van der Waals surface area contributed by atoms with E-state index < -0.39 is 23.0 Å². The minimum Gasteiger partial charge on any atom is -0.467 e. The molecule has 0 aliphatic heterocycles. The van der Waals surface area contributed by atoms with Gasteiger partial charge in [-0.2, -0.15) is 9.97 Å². The summed E-state index contributed by atoms with van der Waals surface area (Å²) >= 11 is 0. The largest absolute Gasteiger partial charge is 0.467 e. The highest BCUT2D eigenvalue weighted by Crippen LogP contribution is 2.40. The van der Waals surface area contributed by atoms with Crippen LogP contribution in [0.5, 0.6) is 6.01 Å². The summed E-state index contributed by atoms with van der Waals surface area (Å²) in [6, 6.07) is 2.36. The van der Waals surface area contributed by atoms with Gasteiger partial charge in [-0.1, -0.05) is 0 Å². The van der Waals surface area contributed by atoms with E-state index in [1.807, 2.05) is 0 Å². The Kier molecular flexibility index (Phi) is 4.73. The van der Waals surface area contributed by atoms with Crippen LogP contribution >= 0.6 is 0 Å². The zero-order valence-electron chi connectivity index (χ0n) is 15.2. The van der Waals surface area contributed by atoms with E-state index in [-0.39, 0.29) is 33.7 Å². The molecule has 0 amide bonds. The van der Waals surface area contributed by atoms with Gasteiger partial charge in [0, 0.05) is 29.8 Å². The standard InChI is InChI=1S/C19H17F3N4O/c1-8-12-9(2)25-19(27-4)26-18(12)16(22)14(15(8)21)13-11(20)6-5-10(7-23)17(13)24-3/h5-7,23-24H,1-4H3. The Labute approximate surface area is 153 Å². The van der Waals surface area contributed by atoms with Crippen molar-refractivity contribution in [3.63, 3.8) is 0 Å². The zero-order chi connectivity index (χ0) is 19.9. The molecule has 8 heteroatoms. The molecule has 0 saturated carbocycles. The Morgan fingerprint density at radius 2 is 1.78 bits per heavy atom. The number of benzene rings is 2. The topological polar surface area (TPSA) is 70.9 Å². The Balaban J connectivity index is 2.53. The Bertz CT molecular complexity index is 1080. The first-order valence-electron chi connectivity index (χ1n) is 8.06. The lowest BCUT2D eigenvalue weighted by atomic mass is 9.94. The van der Waals surface area contributed by atoms with Crippen LogP contribution in [0.25, 0.3) is 22.0 Å². The first-order valence-corrected chi connectivity index (χ1v) is 8.06. The van der Waals surface area contributed by atoms with E-state index >= 15 is 8.78 Å². The molecule has 3 aromatic rings. The normalized spacial score (nSPS) is 10.9. The van der Waals surface area contributed by atoms with Crippen LogP contribution in [-0.2, 0) is 0 Å². The van der Waals surface area contributed by atoms with Crippen LogP contribution in [0.4, 0.5) is 18.9 Å². The summed E-state index contributed by atoms with van der Waals surface area (Å²) in [6.07, 6.45) is 0.980. The third kappa shape index (κ3) is 2.77. The number of nitrogens with one attached hydrogen (secondary N) is 2. The van der Waals surface area contributed by atoms with Crippen molar-refractivity contribution in [3.05, 3.63) is 46.4 Å². The van der Waals surface area contributed by atoms with E-state index in [9.17, 15) is 4.39 Å². The van der Waals surface area contributed by atoms with Crippen molar-refractivity contribution in [2.75, 3.05) is 19.5 Å². The van der Waals surface area contributed by atoms with Crippen LogP contribution in [0.1, 0.15) is 16.8 Å². The highest BCUT2D eigenvalue weighted by molar-refractivity contribution is 5.97. The van der Waals surface area contributed by atoms with Gasteiger partial charge in [0.15, 0.2) is 5.82 Å². The van der Waals surface area contributed by atoms with Gasteiger partial charge in [0.25, 0.3) is 0 Å². The number of methoxy groups -OCH3 is 1. The van der Waals surface area contributed by atoms with E-state index in [2.05, 4.69) is 15.3 Å². The molecule has 140 valence electrons. The van der Waals surface area contributed by atoms with E-state index in [0.717, 1.165) is 12.3 Å². The molecule has 1 heterocycles. The second-order valence-electron chi connectivity index (χ2n) is 5.93. The molecule has 0 fully saturated rings. The van der Waals surface area contributed by atoms with Gasteiger partial charge in [-0.15, -0.1) is 0 Å². The van der Waals surface area contributed by atoms with Crippen molar-refractivity contribution >= 4 is 22.8 Å². The number of nitrogens with zero attached hydrogens (tertiary/aromatic N) is 2. The van der Waals surface area contributed by atoms with Gasteiger partial charge in [-0.3, -0.25) is 0 Å². The number of hydrogen-bond donors (Lipinski definition) is 2. The molecular formula is C19H17F3N4O. The fourth-order valence-electron chi connectivity index (χ4n) is 3.21. The van der Waals surface area contributed by atoms with Crippen LogP contribution in [0.2, 0.25) is 0 Å². The van der Waals surface area contributed by atoms with Crippen molar-refractivity contribution in [2.24, 2.45) is 0 Å². The lowest BCUT2D eigenvalue weighted by molar-refractivity contribution is 0.380. The molecule has 27 heavy (non-hydrogen) atoms. The van der Waals surface area contributed by atoms with Crippen molar-refractivity contribution in [2.45, 2.75) is 13.8 Å². The smallest absolute Gasteiger partial charge is 0.316 e. The number of ether oxygens (including phenoxy) is 1. The third-order valence-electron chi connectivity index (χ3n) is 4.45. The SMILES string of the molecule is CNc1c(C=N)ccc(F)c1-c1c(F)c(C)c2c(C)nc(OC)nc2c1F. The maximum Gasteiger partial charge on any atom is 0.316 e. The van der Waals surface area contributed by atoms with Crippen molar-refractivity contribution in [3.8, 4) is 17.1 Å². The number of fused-ring (bicyclic) bond motifs is 1. The van der Waals surface area contributed by atoms with Crippen LogP contribution < -0.4 is 10.1 Å². The van der Waals surface area contributed by atoms with Crippen LogP contribution in [0.3, 0.4) is 0 Å². The summed E-state index contributed by atoms with van der Waals surface area (Å²) < 4.78 is 50.2. The molecule has 0 spiro atoms. The molecular weight excluding hydrogens is 357 g/mol. The average molecular weight is 374 g/mol. The predicted molar refractivity (Wildman–Crippen MR) is 98.3 cm³/mol. The fraction of sp³-hybridized carbons (Fsp3) is 0.211. The van der Waals surface area contributed by atoms with Crippen molar-refractivity contribution in [1.82, 2.24) is 9.97 Å². The molecule has 5 nitrogen and oxygen atoms in total. The summed E-state index contributed by atoms with van der Waals surface area (Å²) in [5.41, 5.74) is -0.153. The molecule has 0 unspecified atom stereocenters. The summed E-state index contributed by atoms with van der Waals surface area (Å²) in [7, 11) is 2.83. The first kappa shape index (κ1) is 18.6. The molecule has 0 aliphatic carbocycles. The maximum absolute atomic E-state index is 15.4. The minimum absolute atomic E-state index is 0.0709. The van der Waals surface area contributed by atoms with Gasteiger partial charge in [0.05, 0.1) is 24.1 Å². The van der Waals surface area contributed by atoms with E-state index in [0.29, 0.717) is 11.3 Å². The van der Waals surface area contributed by atoms with E-state index in [4.69, 9.17) is 10.1 Å². The maximum atomic E-state index is 15.4. The second-order valence-corrected chi connectivity index (χ2v) is 5.93. The summed E-state index contributed by atoms with van der Waals surface area (Å²) in [4.78, 5) is 8.07. The monoisotopic (exact) mass is 374 g/mol. The van der Waals surface area contributed by atoms with Gasteiger partial charge >= 0.3 is 6.01 Å². The average Bonchev–Trinajstić information content (AvgIpc) is 2.66. The van der Waals surface area contributed by atoms with Gasteiger partial charge in [0.1, 0.15) is 17.2 Å². The lowest BCUT2D eigenvalue weighted by Crippen LogP contribution is -2.07. The quantitative estimate of drug-likeness (QED) is 0.665. The highest BCUT2D eigenvalue weighted by atomic mass is 19.1. The summed E-state index contributed by atoms with van der Waals surface area (Å²) in [5.74, 6) is -2.75. The van der Waals surface area contributed by atoms with E-state index in [1.54, 1.807) is 6.92 Å². The number of hydrogen-bond acceptors (Lipinski definition) is 5. The Hall–Kier alpha value is -3.16. The van der Waals surface area contributed by atoms with E-state index in [1.165, 1.54) is 27.1 Å². The van der Waals surface area contributed by atoms with Crippen LogP contribution in [0.15, 0.2) is 12.1 Å². The Morgan fingerprint density at radius 3 is 2.37 bits per heavy atom. The molecule has 0 radical (unpaired) electrons. The van der Waals surface area contributed by atoms with Gasteiger partial charge < -0.3 is 15.5 Å². The fourth-order valence-corrected chi connectivity index (χ4v) is 3.21. The molecule has 2 N–H and O–H groups in total. The van der Waals surface area contributed by atoms with Crippen molar-refractivity contribution < 1.29 is 17.9 Å². The van der Waals surface area contributed by atoms with Crippen molar-refractivity contribution in [1.29, 1.82) is 5.41 Å². The number of rotatable bonds is 4. The first-order chi connectivity index (χ1) is 12.8. The number of aryl methyl sites for hydroxylation is 2. The highest BCUT2D eigenvalue weighted by Gasteiger charge is 2.27. The molecule has 1 aromatic heterocycles. The number of aromatic nitrogens is 2. The molecule has 0 atom stereocenters. The number of halogens is 3. The molecule has 0 aliphatic rings. The van der Waals surface area contributed by atoms with Gasteiger partial charge in [-0.05, 0) is 31.5 Å². The second kappa shape index (κ2) is 6.86. The molecule has 0 saturated heterocycles. The molecule has 3 rings (SSSR count). The summed E-state index contributed by atoms with van der Waals surface area (Å²) in [6.45, 7) is 3.05. The predicted octanol–water partition coefficient (Wildman–Crippen LogP) is 4.38. The van der Waals surface area contributed by atoms with Gasteiger partial charge in [0.2, 0.25) is 0 Å². The van der Waals surface area contributed by atoms with Crippen LogP contribution in [0, 0.1) is 36.7 Å². The third-order valence-corrected chi connectivity index (χ3v) is 4.45. The minimum atomic E-state index is -1.02. The van der Waals surface area contributed by atoms with Crippen LogP contribution in [-0.4, -0.2) is 30.3 Å². The lowest BCUT2D eigenvalue weighted by Gasteiger charge is -2.18. The number of anilines is 1. The Morgan fingerprint density at radius 1 is 1.07 bits per heavy atom. The molecule has 0 bridgehead atoms. The van der Waals surface area contributed by atoms with Gasteiger partial charge in [-0.25, -0.2) is 13.2 Å². The zero-order valence-corrected chi connectivity index (χ0v) is 15.2. The summed E-state index contributed by atoms with van der Waals surface area (Å²) in [5, 5.41) is 10.4.